The van der Waals surface area contributed by atoms with Crippen molar-refractivity contribution in [3.63, 3.8) is 0 Å². The van der Waals surface area contributed by atoms with E-state index in [-0.39, 0.29) is 37.6 Å². The number of carbonyl (C=O) groups is 3. The van der Waals surface area contributed by atoms with Gasteiger partial charge < -0.3 is 39.0 Å². The van der Waals surface area contributed by atoms with Crippen molar-refractivity contribution in [2.75, 3.05) is 33.9 Å². The summed E-state index contributed by atoms with van der Waals surface area (Å²) in [6.45, 7) is 20.3. The zero-order valence-corrected chi connectivity index (χ0v) is 34.1. The maximum absolute atomic E-state index is 14.5. The van der Waals surface area contributed by atoms with Crippen molar-refractivity contribution in [1.29, 1.82) is 0 Å². The van der Waals surface area contributed by atoms with E-state index in [0.717, 1.165) is 11.1 Å². The number of hydrogen-bond donors (Lipinski definition) is 2. The number of nitrogens with one attached hydrogen (secondary N) is 1. The third kappa shape index (κ3) is 9.78. The Balaban J connectivity index is 1.74. The molecule has 0 bridgehead atoms. The number of ether oxygens (including phenoxy) is 5. The summed E-state index contributed by atoms with van der Waals surface area (Å²) in [6.07, 6.45) is -2.94. The fraction of sp³-hybridized carbons (Fsp3) is 0.732. The molecule has 3 fully saturated rings. The number of aliphatic hydroxyl groups is 1. The summed E-state index contributed by atoms with van der Waals surface area (Å²) in [4.78, 5) is 44.7. The molecule has 0 radical (unpaired) electrons. The number of fused-ring (bicyclic) bond motifs is 1. The van der Waals surface area contributed by atoms with E-state index < -0.39 is 77.1 Å². The number of carbonyl (C=O) groups excluding carboxylic acids is 3. The highest BCUT2D eigenvalue weighted by molar-refractivity contribution is 6.30. The smallest absolute Gasteiger partial charge is 0.316 e. The minimum Gasteiger partial charge on any atom is -0.459 e. The molecule has 53 heavy (non-hydrogen) atoms. The minimum atomic E-state index is -1.25. The highest BCUT2D eigenvalue weighted by atomic mass is 35.5. The predicted octanol–water partition coefficient (Wildman–Crippen LogP) is 5.39. The Morgan fingerprint density at radius 2 is 1.70 bits per heavy atom. The average Bonchev–Trinajstić information content (AvgIpc) is 3.42. The fourth-order valence-corrected chi connectivity index (χ4v) is 8.97. The third-order valence-electron chi connectivity index (χ3n) is 11.8. The van der Waals surface area contributed by atoms with Crippen molar-refractivity contribution < 1.29 is 43.2 Å². The summed E-state index contributed by atoms with van der Waals surface area (Å²) in [5.41, 5.74) is -0.449. The molecule has 13 atom stereocenters. The topological polar surface area (TPSA) is 133 Å². The molecule has 0 amide bonds. The second kappa shape index (κ2) is 18.2. The number of ketones is 2. The van der Waals surface area contributed by atoms with Gasteiger partial charge in [-0.25, -0.2) is 0 Å². The van der Waals surface area contributed by atoms with Gasteiger partial charge in [0.2, 0.25) is 0 Å². The first-order valence-electron chi connectivity index (χ1n) is 19.2. The van der Waals surface area contributed by atoms with Gasteiger partial charge in [0.05, 0.1) is 31.0 Å². The third-order valence-corrected chi connectivity index (χ3v) is 12.1. The number of Topliss-reactive ketones (excluding diaryl/α,β-unsaturated/α-hetero) is 2. The lowest BCUT2D eigenvalue weighted by Gasteiger charge is -2.47. The molecule has 11 nitrogen and oxygen atoms in total. The van der Waals surface area contributed by atoms with Gasteiger partial charge in [0.1, 0.15) is 29.5 Å². The second-order valence-corrected chi connectivity index (χ2v) is 16.7. The highest BCUT2D eigenvalue weighted by Crippen LogP contribution is 2.46. The first kappa shape index (κ1) is 43.5. The second-order valence-electron chi connectivity index (χ2n) is 16.2. The molecule has 12 heteroatoms. The van der Waals surface area contributed by atoms with Gasteiger partial charge >= 0.3 is 5.97 Å². The molecule has 0 aromatic heterocycles. The lowest BCUT2D eigenvalue weighted by molar-refractivity contribution is -0.297. The Morgan fingerprint density at radius 3 is 2.32 bits per heavy atom. The molecule has 4 rings (SSSR count). The van der Waals surface area contributed by atoms with E-state index >= 15 is 0 Å². The van der Waals surface area contributed by atoms with Crippen LogP contribution in [0.3, 0.4) is 0 Å². The minimum absolute atomic E-state index is 0.0249. The molecule has 3 aliphatic rings. The lowest BCUT2D eigenvalue weighted by Crippen LogP contribution is -2.59. The van der Waals surface area contributed by atoms with Crippen LogP contribution in [0.2, 0.25) is 5.02 Å². The summed E-state index contributed by atoms with van der Waals surface area (Å²) >= 11 is 6.06. The number of aliphatic hydroxyl groups excluding tert-OH is 1. The molecule has 0 saturated carbocycles. The molecule has 1 aromatic rings. The predicted molar refractivity (Wildman–Crippen MR) is 203 cm³/mol. The molecule has 0 aliphatic carbocycles. The van der Waals surface area contributed by atoms with E-state index in [1.807, 2.05) is 84.8 Å². The average molecular weight is 763 g/mol. The van der Waals surface area contributed by atoms with Crippen LogP contribution in [0.1, 0.15) is 80.2 Å². The van der Waals surface area contributed by atoms with Gasteiger partial charge in [-0.3, -0.25) is 14.4 Å². The van der Waals surface area contributed by atoms with E-state index in [0.29, 0.717) is 31.0 Å². The van der Waals surface area contributed by atoms with Crippen molar-refractivity contribution >= 4 is 29.1 Å². The normalized spacial score (nSPS) is 39.2. The van der Waals surface area contributed by atoms with Gasteiger partial charge in [0, 0.05) is 47.8 Å². The van der Waals surface area contributed by atoms with Gasteiger partial charge in [0.15, 0.2) is 12.1 Å². The number of rotatable bonds is 10. The van der Waals surface area contributed by atoms with Gasteiger partial charge in [-0.15, -0.1) is 0 Å². The number of benzene rings is 1. The molecule has 298 valence electrons. The molecule has 1 aromatic carbocycles. The van der Waals surface area contributed by atoms with Gasteiger partial charge in [-0.2, -0.15) is 0 Å². The van der Waals surface area contributed by atoms with Gasteiger partial charge in [-0.05, 0) is 84.3 Å². The van der Waals surface area contributed by atoms with Crippen LogP contribution in [-0.4, -0.2) is 109 Å². The number of likely N-dealkylation sites (N-methyl/N-ethyl adjacent to an activating group) is 1. The van der Waals surface area contributed by atoms with Crippen LogP contribution in [0.15, 0.2) is 36.4 Å². The summed E-state index contributed by atoms with van der Waals surface area (Å²) < 4.78 is 32.1. The molecule has 3 aliphatic heterocycles. The SMILES string of the molecule is C=C1CO[C@]2(C)[C@@H](CC)OC(=O)C(C)C(=O)[C@H](C)[C@@H](O[C@@H]3O[C@H](C)C[C@H](N(C)C)[C@H]3O)[C@](C)(OCCNCc3ccc(Cl)cc3)CC(C)C(=O)C(C)[C@H]12. The van der Waals surface area contributed by atoms with Crippen molar-refractivity contribution in [3.05, 3.63) is 47.0 Å². The monoisotopic (exact) mass is 762 g/mol. The summed E-state index contributed by atoms with van der Waals surface area (Å²) in [5, 5.41) is 15.6. The van der Waals surface area contributed by atoms with Crippen LogP contribution in [0.5, 0.6) is 0 Å². The highest BCUT2D eigenvalue weighted by Gasteiger charge is 2.55. The molecular weight excluding hydrogens is 700 g/mol. The summed E-state index contributed by atoms with van der Waals surface area (Å²) in [7, 11) is 3.78. The van der Waals surface area contributed by atoms with Crippen LogP contribution in [0.25, 0.3) is 0 Å². The first-order chi connectivity index (χ1) is 24.8. The maximum Gasteiger partial charge on any atom is 0.316 e. The molecular formula is C41H63ClN2O9. The van der Waals surface area contributed by atoms with Gasteiger partial charge in [-0.1, -0.05) is 58.0 Å². The molecule has 3 unspecified atom stereocenters. The molecule has 0 spiro atoms. The Bertz CT molecular complexity index is 1440. The van der Waals surface area contributed by atoms with E-state index in [4.69, 9.17) is 35.3 Å². The summed E-state index contributed by atoms with van der Waals surface area (Å²) in [6, 6.07) is 7.30. The fourth-order valence-electron chi connectivity index (χ4n) is 8.84. The van der Waals surface area contributed by atoms with E-state index in [2.05, 4.69) is 11.9 Å². The number of nitrogens with zero attached hydrogens (tertiary/aromatic N) is 1. The van der Waals surface area contributed by atoms with E-state index in [1.54, 1.807) is 13.8 Å². The Labute approximate surface area is 321 Å². The zero-order chi connectivity index (χ0) is 39.4. The standard InChI is InChI=1S/C41H63ClN2O9/c1-12-32-41(9)33(24(3)22-50-41)26(5)34(45)23(2)20-40(8,49-18-17-43-21-29-13-15-30(42)16-14-29)37(27(6)35(46)28(7)38(48)52-32)53-39-36(47)31(44(10)11)19-25(4)51-39/h13-16,23,25-28,31-33,36-37,39,43,47H,3,12,17-22H2,1-2,4-11H3/t23?,25-,26?,27+,28?,31+,32-,33+,36-,37-,39+,40-,41-/m1/s1. The van der Waals surface area contributed by atoms with Crippen molar-refractivity contribution in [1.82, 2.24) is 10.2 Å². The van der Waals surface area contributed by atoms with Crippen LogP contribution >= 0.6 is 11.6 Å². The van der Waals surface area contributed by atoms with E-state index in [1.165, 1.54) is 0 Å². The lowest BCUT2D eigenvalue weighted by atomic mass is 9.69. The molecule has 3 heterocycles. The zero-order valence-electron chi connectivity index (χ0n) is 33.4. The largest absolute Gasteiger partial charge is 0.459 e. The van der Waals surface area contributed by atoms with Crippen molar-refractivity contribution in [3.8, 4) is 0 Å². The Morgan fingerprint density at radius 1 is 1.04 bits per heavy atom. The maximum atomic E-state index is 14.5. The quantitative estimate of drug-likeness (QED) is 0.138. The molecule has 3 saturated heterocycles. The van der Waals surface area contributed by atoms with Crippen molar-refractivity contribution in [2.24, 2.45) is 29.6 Å². The van der Waals surface area contributed by atoms with Gasteiger partial charge in [0.25, 0.3) is 0 Å². The van der Waals surface area contributed by atoms with Crippen LogP contribution in [0.4, 0.5) is 0 Å². The van der Waals surface area contributed by atoms with Crippen LogP contribution in [-0.2, 0) is 44.6 Å². The number of cyclic esters (lactones) is 1. The molecule has 2 N–H and O–H groups in total. The van der Waals surface area contributed by atoms with Crippen LogP contribution < -0.4 is 5.32 Å². The number of hydrogen-bond acceptors (Lipinski definition) is 11. The van der Waals surface area contributed by atoms with E-state index in [9.17, 15) is 19.5 Å². The van der Waals surface area contributed by atoms with Crippen molar-refractivity contribution in [2.45, 2.75) is 129 Å². The van der Waals surface area contributed by atoms with Crippen LogP contribution in [0, 0.1) is 29.6 Å². The Hall–Kier alpha value is -2.22. The number of esters is 1. The first-order valence-corrected chi connectivity index (χ1v) is 19.6. The Kier molecular flexibility index (Phi) is 14.9. The summed E-state index contributed by atoms with van der Waals surface area (Å²) in [5.74, 6) is -4.67. The number of halogens is 1.